The Bertz CT molecular complexity index is 414. The summed E-state index contributed by atoms with van der Waals surface area (Å²) in [5, 5.41) is 11.9. The first-order chi connectivity index (χ1) is 8.16. The maximum Gasteiger partial charge on any atom is 0.251 e. The van der Waals surface area contributed by atoms with Gasteiger partial charge in [-0.05, 0) is 31.0 Å². The van der Waals surface area contributed by atoms with E-state index in [1.807, 2.05) is 0 Å². The molecule has 1 saturated carbocycles. The number of phenolic OH excluding ortho intramolecular Hbond substituents is 1. The van der Waals surface area contributed by atoms with Gasteiger partial charge < -0.3 is 10.4 Å². The van der Waals surface area contributed by atoms with Crippen LogP contribution >= 0.6 is 0 Å². The molecule has 0 saturated heterocycles. The quantitative estimate of drug-likeness (QED) is 0.830. The van der Waals surface area contributed by atoms with Crippen molar-refractivity contribution in [3.05, 3.63) is 29.6 Å². The molecule has 0 heterocycles. The van der Waals surface area contributed by atoms with Gasteiger partial charge >= 0.3 is 0 Å². The van der Waals surface area contributed by atoms with Gasteiger partial charge in [0.05, 0.1) is 0 Å². The SMILES string of the molecule is O=C(NC1CCCCC1)c1ccc(O)c(F)c1. The van der Waals surface area contributed by atoms with E-state index in [0.717, 1.165) is 31.7 Å². The van der Waals surface area contributed by atoms with E-state index in [0.29, 0.717) is 0 Å². The van der Waals surface area contributed by atoms with Gasteiger partial charge in [0.2, 0.25) is 0 Å². The Balaban J connectivity index is 2.01. The van der Waals surface area contributed by atoms with Gasteiger partial charge in [0.15, 0.2) is 11.6 Å². The number of carbonyl (C=O) groups is 1. The zero-order valence-corrected chi connectivity index (χ0v) is 9.58. The third kappa shape index (κ3) is 2.96. The van der Waals surface area contributed by atoms with Gasteiger partial charge in [-0.1, -0.05) is 19.3 Å². The van der Waals surface area contributed by atoms with E-state index >= 15 is 0 Å². The van der Waals surface area contributed by atoms with E-state index in [9.17, 15) is 9.18 Å². The minimum absolute atomic E-state index is 0.202. The molecule has 4 heteroatoms. The van der Waals surface area contributed by atoms with Crippen molar-refractivity contribution in [2.75, 3.05) is 0 Å². The molecule has 92 valence electrons. The largest absolute Gasteiger partial charge is 0.505 e. The second kappa shape index (κ2) is 5.17. The van der Waals surface area contributed by atoms with Crippen molar-refractivity contribution in [2.45, 2.75) is 38.1 Å². The van der Waals surface area contributed by atoms with E-state index < -0.39 is 11.6 Å². The second-order valence-electron chi connectivity index (χ2n) is 4.47. The Kier molecular flexibility index (Phi) is 3.61. The van der Waals surface area contributed by atoms with E-state index in [1.165, 1.54) is 18.6 Å². The van der Waals surface area contributed by atoms with Crippen molar-refractivity contribution in [1.82, 2.24) is 5.32 Å². The number of halogens is 1. The highest BCUT2D eigenvalue weighted by Crippen LogP contribution is 2.19. The van der Waals surface area contributed by atoms with E-state index in [-0.39, 0.29) is 17.5 Å². The van der Waals surface area contributed by atoms with Gasteiger partial charge in [0, 0.05) is 11.6 Å². The monoisotopic (exact) mass is 237 g/mol. The number of hydrogen-bond acceptors (Lipinski definition) is 2. The Labute approximate surface area is 99.7 Å². The van der Waals surface area contributed by atoms with Gasteiger partial charge in [0.1, 0.15) is 0 Å². The number of hydrogen-bond donors (Lipinski definition) is 2. The standard InChI is InChI=1S/C13H16FNO2/c14-11-8-9(6-7-12(11)16)13(17)15-10-4-2-1-3-5-10/h6-8,10,16H,1-5H2,(H,15,17). The minimum atomic E-state index is -0.763. The number of rotatable bonds is 2. The summed E-state index contributed by atoms with van der Waals surface area (Å²) in [4.78, 5) is 11.8. The van der Waals surface area contributed by atoms with Crippen LogP contribution in [0.5, 0.6) is 5.75 Å². The summed E-state index contributed by atoms with van der Waals surface area (Å²) in [5.74, 6) is -1.46. The summed E-state index contributed by atoms with van der Waals surface area (Å²) in [7, 11) is 0. The van der Waals surface area contributed by atoms with Crippen LogP contribution in [0.4, 0.5) is 4.39 Å². The third-order valence-corrected chi connectivity index (χ3v) is 3.15. The van der Waals surface area contributed by atoms with Gasteiger partial charge in [-0.15, -0.1) is 0 Å². The lowest BCUT2D eigenvalue weighted by atomic mass is 9.95. The number of phenols is 1. The highest BCUT2D eigenvalue weighted by Gasteiger charge is 2.17. The van der Waals surface area contributed by atoms with Crippen molar-refractivity contribution in [2.24, 2.45) is 0 Å². The van der Waals surface area contributed by atoms with Crippen LogP contribution in [0, 0.1) is 5.82 Å². The van der Waals surface area contributed by atoms with Crippen LogP contribution in [0.2, 0.25) is 0 Å². The zero-order chi connectivity index (χ0) is 12.3. The predicted molar refractivity (Wildman–Crippen MR) is 62.4 cm³/mol. The summed E-state index contributed by atoms with van der Waals surface area (Å²) in [6.45, 7) is 0. The average molecular weight is 237 g/mol. The second-order valence-corrected chi connectivity index (χ2v) is 4.47. The van der Waals surface area contributed by atoms with Gasteiger partial charge in [-0.25, -0.2) is 4.39 Å². The van der Waals surface area contributed by atoms with Crippen molar-refractivity contribution < 1.29 is 14.3 Å². The lowest BCUT2D eigenvalue weighted by Crippen LogP contribution is -2.36. The topological polar surface area (TPSA) is 49.3 Å². The molecular formula is C13H16FNO2. The molecule has 0 bridgehead atoms. The molecule has 0 aromatic heterocycles. The van der Waals surface area contributed by atoms with Crippen LogP contribution in [0.25, 0.3) is 0 Å². The normalized spacial score (nSPS) is 16.8. The molecule has 1 aliphatic carbocycles. The molecule has 0 spiro atoms. The summed E-state index contributed by atoms with van der Waals surface area (Å²) < 4.78 is 13.1. The first kappa shape index (κ1) is 11.9. The molecule has 2 rings (SSSR count). The molecule has 0 radical (unpaired) electrons. The summed E-state index contributed by atoms with van der Waals surface area (Å²) in [6.07, 6.45) is 5.47. The zero-order valence-electron chi connectivity index (χ0n) is 9.58. The van der Waals surface area contributed by atoms with E-state index in [4.69, 9.17) is 5.11 Å². The fraction of sp³-hybridized carbons (Fsp3) is 0.462. The lowest BCUT2D eigenvalue weighted by Gasteiger charge is -2.22. The molecule has 17 heavy (non-hydrogen) atoms. The molecular weight excluding hydrogens is 221 g/mol. The van der Waals surface area contributed by atoms with Gasteiger partial charge in [0.25, 0.3) is 5.91 Å². The van der Waals surface area contributed by atoms with Crippen molar-refractivity contribution in [3.63, 3.8) is 0 Å². The highest BCUT2D eigenvalue weighted by atomic mass is 19.1. The van der Waals surface area contributed by atoms with Crippen LogP contribution < -0.4 is 5.32 Å². The first-order valence-electron chi connectivity index (χ1n) is 5.96. The van der Waals surface area contributed by atoms with Crippen molar-refractivity contribution >= 4 is 5.91 Å². The van der Waals surface area contributed by atoms with Crippen LogP contribution in [-0.4, -0.2) is 17.1 Å². The Morgan fingerprint density at radius 1 is 1.29 bits per heavy atom. The first-order valence-corrected chi connectivity index (χ1v) is 5.96. The summed E-state index contributed by atoms with van der Waals surface area (Å²) in [5.41, 5.74) is 0.255. The number of amides is 1. The van der Waals surface area contributed by atoms with Gasteiger partial charge in [-0.2, -0.15) is 0 Å². The lowest BCUT2D eigenvalue weighted by molar-refractivity contribution is 0.0927. The number of nitrogens with one attached hydrogen (secondary N) is 1. The fourth-order valence-corrected chi connectivity index (χ4v) is 2.16. The molecule has 1 amide bonds. The predicted octanol–water partition coefficient (Wildman–Crippen LogP) is 2.59. The molecule has 1 fully saturated rings. The van der Waals surface area contributed by atoms with Crippen molar-refractivity contribution in [3.8, 4) is 5.75 Å². The Hall–Kier alpha value is -1.58. The van der Waals surface area contributed by atoms with Gasteiger partial charge in [-0.3, -0.25) is 4.79 Å². The van der Waals surface area contributed by atoms with Crippen LogP contribution in [0.15, 0.2) is 18.2 Å². The summed E-state index contributed by atoms with van der Waals surface area (Å²) in [6, 6.07) is 3.89. The highest BCUT2D eigenvalue weighted by molar-refractivity contribution is 5.94. The molecule has 1 aromatic rings. The maximum atomic E-state index is 13.1. The molecule has 2 N–H and O–H groups in total. The molecule has 1 aliphatic rings. The average Bonchev–Trinajstić information content (AvgIpc) is 2.34. The molecule has 1 aromatic carbocycles. The van der Waals surface area contributed by atoms with E-state index in [1.54, 1.807) is 0 Å². The van der Waals surface area contributed by atoms with E-state index in [2.05, 4.69) is 5.32 Å². The number of benzene rings is 1. The minimum Gasteiger partial charge on any atom is -0.505 e. The molecule has 3 nitrogen and oxygen atoms in total. The Morgan fingerprint density at radius 3 is 2.65 bits per heavy atom. The fourth-order valence-electron chi connectivity index (χ4n) is 2.16. The smallest absolute Gasteiger partial charge is 0.251 e. The van der Waals surface area contributed by atoms with Crippen LogP contribution in [0.1, 0.15) is 42.5 Å². The Morgan fingerprint density at radius 2 is 2.00 bits per heavy atom. The molecule has 0 atom stereocenters. The third-order valence-electron chi connectivity index (χ3n) is 3.15. The van der Waals surface area contributed by atoms with Crippen LogP contribution in [0.3, 0.4) is 0 Å². The molecule has 0 aliphatic heterocycles. The van der Waals surface area contributed by atoms with Crippen LogP contribution in [-0.2, 0) is 0 Å². The summed E-state index contributed by atoms with van der Waals surface area (Å²) >= 11 is 0. The number of carbonyl (C=O) groups excluding carboxylic acids is 1. The maximum absolute atomic E-state index is 13.1. The molecule has 0 unspecified atom stereocenters. The van der Waals surface area contributed by atoms with Crippen molar-refractivity contribution in [1.29, 1.82) is 0 Å². The number of aromatic hydroxyl groups is 1.